The van der Waals surface area contributed by atoms with Crippen LogP contribution in [0.15, 0.2) is 22.7 Å². The SMILES string of the molecule is COc1cc(Br)ccc1[C@@H](N)C(C)O. The van der Waals surface area contributed by atoms with E-state index in [1.54, 1.807) is 14.0 Å². The van der Waals surface area contributed by atoms with Crippen LogP contribution in [0, 0.1) is 0 Å². The number of aliphatic hydroxyl groups is 1. The van der Waals surface area contributed by atoms with Gasteiger partial charge in [-0.3, -0.25) is 0 Å². The minimum atomic E-state index is -0.593. The van der Waals surface area contributed by atoms with Gasteiger partial charge in [-0.1, -0.05) is 22.0 Å². The molecule has 0 saturated heterocycles. The highest BCUT2D eigenvalue weighted by molar-refractivity contribution is 9.10. The van der Waals surface area contributed by atoms with E-state index in [9.17, 15) is 5.11 Å². The van der Waals surface area contributed by atoms with Crippen molar-refractivity contribution in [3.63, 3.8) is 0 Å². The van der Waals surface area contributed by atoms with Gasteiger partial charge in [-0.2, -0.15) is 0 Å². The summed E-state index contributed by atoms with van der Waals surface area (Å²) < 4.78 is 6.10. The van der Waals surface area contributed by atoms with Crippen molar-refractivity contribution >= 4 is 15.9 Å². The van der Waals surface area contributed by atoms with E-state index >= 15 is 0 Å². The number of hydrogen-bond donors (Lipinski definition) is 2. The summed E-state index contributed by atoms with van der Waals surface area (Å²) in [6, 6.07) is 5.14. The van der Waals surface area contributed by atoms with Crippen LogP contribution in [-0.4, -0.2) is 18.3 Å². The fraction of sp³-hybridized carbons (Fsp3) is 0.400. The minimum absolute atomic E-state index is 0.418. The molecule has 14 heavy (non-hydrogen) atoms. The minimum Gasteiger partial charge on any atom is -0.496 e. The summed E-state index contributed by atoms with van der Waals surface area (Å²) in [5.41, 5.74) is 6.63. The van der Waals surface area contributed by atoms with Gasteiger partial charge in [-0.05, 0) is 19.1 Å². The van der Waals surface area contributed by atoms with Crippen LogP contribution in [0.3, 0.4) is 0 Å². The fourth-order valence-electron chi connectivity index (χ4n) is 1.22. The highest BCUT2D eigenvalue weighted by atomic mass is 79.9. The van der Waals surface area contributed by atoms with Crippen molar-refractivity contribution in [3.8, 4) is 5.75 Å². The summed E-state index contributed by atoms with van der Waals surface area (Å²) in [6.07, 6.45) is -0.593. The maximum Gasteiger partial charge on any atom is 0.124 e. The van der Waals surface area contributed by atoms with Crippen LogP contribution in [0.1, 0.15) is 18.5 Å². The van der Waals surface area contributed by atoms with Crippen LogP contribution in [0.25, 0.3) is 0 Å². The molecule has 4 heteroatoms. The molecule has 78 valence electrons. The number of ether oxygens (including phenoxy) is 1. The molecule has 1 aromatic rings. The monoisotopic (exact) mass is 259 g/mol. The lowest BCUT2D eigenvalue weighted by Crippen LogP contribution is -2.23. The molecule has 0 aliphatic carbocycles. The first-order chi connectivity index (χ1) is 6.56. The van der Waals surface area contributed by atoms with Crippen LogP contribution in [-0.2, 0) is 0 Å². The van der Waals surface area contributed by atoms with Crippen molar-refractivity contribution in [2.45, 2.75) is 19.1 Å². The second kappa shape index (κ2) is 4.77. The number of aliphatic hydroxyl groups excluding tert-OH is 1. The highest BCUT2D eigenvalue weighted by Crippen LogP contribution is 2.28. The molecule has 0 heterocycles. The zero-order valence-corrected chi connectivity index (χ0v) is 9.78. The molecule has 0 radical (unpaired) electrons. The van der Waals surface area contributed by atoms with E-state index in [0.717, 1.165) is 10.0 Å². The summed E-state index contributed by atoms with van der Waals surface area (Å²) >= 11 is 3.34. The van der Waals surface area contributed by atoms with Crippen LogP contribution in [0.4, 0.5) is 0 Å². The second-order valence-corrected chi connectivity index (χ2v) is 4.07. The number of rotatable bonds is 3. The molecule has 1 unspecified atom stereocenters. The Hall–Kier alpha value is -0.580. The predicted octanol–water partition coefficient (Wildman–Crippen LogP) is 1.84. The quantitative estimate of drug-likeness (QED) is 0.871. The highest BCUT2D eigenvalue weighted by Gasteiger charge is 2.16. The van der Waals surface area contributed by atoms with Gasteiger partial charge in [0.2, 0.25) is 0 Å². The van der Waals surface area contributed by atoms with E-state index in [0.29, 0.717) is 5.75 Å². The van der Waals surface area contributed by atoms with E-state index in [1.807, 2.05) is 18.2 Å². The summed E-state index contributed by atoms with van der Waals surface area (Å²) in [5, 5.41) is 9.37. The third-order valence-corrected chi connectivity index (χ3v) is 2.57. The molecular weight excluding hydrogens is 246 g/mol. The van der Waals surface area contributed by atoms with Gasteiger partial charge in [0.25, 0.3) is 0 Å². The van der Waals surface area contributed by atoms with Crippen LogP contribution < -0.4 is 10.5 Å². The van der Waals surface area contributed by atoms with Crippen molar-refractivity contribution < 1.29 is 9.84 Å². The normalized spacial score (nSPS) is 14.9. The van der Waals surface area contributed by atoms with E-state index < -0.39 is 12.1 Å². The number of methoxy groups -OCH3 is 1. The van der Waals surface area contributed by atoms with Gasteiger partial charge in [0.05, 0.1) is 19.3 Å². The average molecular weight is 260 g/mol. The van der Waals surface area contributed by atoms with Crippen molar-refractivity contribution in [2.75, 3.05) is 7.11 Å². The van der Waals surface area contributed by atoms with Gasteiger partial charge in [0, 0.05) is 10.0 Å². The Kier molecular flexibility index (Phi) is 3.92. The average Bonchev–Trinajstić information content (AvgIpc) is 2.16. The van der Waals surface area contributed by atoms with Gasteiger partial charge in [0.15, 0.2) is 0 Å². The lowest BCUT2D eigenvalue weighted by Gasteiger charge is -2.18. The first-order valence-electron chi connectivity index (χ1n) is 4.33. The molecule has 0 bridgehead atoms. The molecule has 0 saturated carbocycles. The Morgan fingerprint density at radius 1 is 1.50 bits per heavy atom. The predicted molar refractivity (Wildman–Crippen MR) is 59.3 cm³/mol. The van der Waals surface area contributed by atoms with Crippen molar-refractivity contribution in [1.29, 1.82) is 0 Å². The van der Waals surface area contributed by atoms with E-state index in [-0.39, 0.29) is 0 Å². The zero-order valence-electron chi connectivity index (χ0n) is 8.20. The van der Waals surface area contributed by atoms with Gasteiger partial charge >= 0.3 is 0 Å². The maximum absolute atomic E-state index is 9.37. The maximum atomic E-state index is 9.37. The van der Waals surface area contributed by atoms with Gasteiger partial charge < -0.3 is 15.6 Å². The van der Waals surface area contributed by atoms with E-state index in [1.165, 1.54) is 0 Å². The first-order valence-corrected chi connectivity index (χ1v) is 5.12. The fourth-order valence-corrected chi connectivity index (χ4v) is 1.56. The topological polar surface area (TPSA) is 55.5 Å². The number of nitrogens with two attached hydrogens (primary N) is 1. The van der Waals surface area contributed by atoms with E-state index in [4.69, 9.17) is 10.5 Å². The van der Waals surface area contributed by atoms with Gasteiger partial charge in [-0.25, -0.2) is 0 Å². The largest absolute Gasteiger partial charge is 0.496 e. The van der Waals surface area contributed by atoms with Crippen molar-refractivity contribution in [1.82, 2.24) is 0 Å². The summed E-state index contributed by atoms with van der Waals surface area (Å²) in [6.45, 7) is 1.66. The van der Waals surface area contributed by atoms with Crippen molar-refractivity contribution in [2.24, 2.45) is 5.73 Å². The van der Waals surface area contributed by atoms with Crippen LogP contribution in [0.5, 0.6) is 5.75 Å². The Balaban J connectivity index is 3.07. The lowest BCUT2D eigenvalue weighted by molar-refractivity contribution is 0.162. The Morgan fingerprint density at radius 2 is 2.14 bits per heavy atom. The third-order valence-electron chi connectivity index (χ3n) is 2.07. The van der Waals surface area contributed by atoms with Crippen LogP contribution in [0.2, 0.25) is 0 Å². The molecule has 3 nitrogen and oxygen atoms in total. The molecule has 0 aliphatic heterocycles. The summed E-state index contributed by atoms with van der Waals surface area (Å²) in [5.74, 6) is 0.688. The van der Waals surface area contributed by atoms with Gasteiger partial charge in [-0.15, -0.1) is 0 Å². The number of halogens is 1. The zero-order chi connectivity index (χ0) is 10.7. The molecule has 3 N–H and O–H groups in total. The molecule has 0 amide bonds. The molecule has 1 aromatic carbocycles. The standard InChI is InChI=1S/C10H14BrNO2/c1-6(13)10(12)8-4-3-7(11)5-9(8)14-2/h3-6,10,13H,12H2,1-2H3/t6?,10-/m0/s1. The summed E-state index contributed by atoms with van der Waals surface area (Å²) in [7, 11) is 1.58. The number of hydrogen-bond acceptors (Lipinski definition) is 3. The number of benzene rings is 1. The Bertz CT molecular complexity index is 315. The molecular formula is C10H14BrNO2. The van der Waals surface area contributed by atoms with Crippen molar-refractivity contribution in [3.05, 3.63) is 28.2 Å². The third kappa shape index (κ3) is 2.47. The molecule has 2 atom stereocenters. The summed E-state index contributed by atoms with van der Waals surface area (Å²) in [4.78, 5) is 0. The van der Waals surface area contributed by atoms with Crippen LogP contribution >= 0.6 is 15.9 Å². The molecule has 0 spiro atoms. The molecule has 0 aliphatic rings. The first kappa shape index (κ1) is 11.5. The molecule has 0 aromatic heterocycles. The van der Waals surface area contributed by atoms with E-state index in [2.05, 4.69) is 15.9 Å². The second-order valence-electron chi connectivity index (χ2n) is 3.15. The molecule has 0 fully saturated rings. The smallest absolute Gasteiger partial charge is 0.124 e. The van der Waals surface area contributed by atoms with Gasteiger partial charge in [0.1, 0.15) is 5.75 Å². The Morgan fingerprint density at radius 3 is 2.64 bits per heavy atom. The Labute approximate surface area is 92.0 Å². The lowest BCUT2D eigenvalue weighted by atomic mass is 10.0. The molecule has 1 rings (SSSR count).